The average Bonchev–Trinajstić information content (AvgIpc) is 2.63. The van der Waals surface area contributed by atoms with Crippen molar-refractivity contribution < 1.29 is 19.4 Å². The normalized spacial score (nSPS) is 22.4. The first kappa shape index (κ1) is 20.0. The summed E-state index contributed by atoms with van der Waals surface area (Å²) in [5.74, 6) is -0.653. The predicted molar refractivity (Wildman–Crippen MR) is 104 cm³/mol. The molecule has 28 heavy (non-hydrogen) atoms. The largest absolute Gasteiger partial charge is 0.476 e. The molecule has 7 heteroatoms. The number of hydrogen-bond donors (Lipinski definition) is 1. The van der Waals surface area contributed by atoms with Gasteiger partial charge < -0.3 is 9.84 Å². The number of aromatic nitrogens is 2. The lowest BCUT2D eigenvalue weighted by atomic mass is 9.75. The highest BCUT2D eigenvalue weighted by molar-refractivity contribution is 6.01. The Balaban J connectivity index is 1.86. The van der Waals surface area contributed by atoms with E-state index in [9.17, 15) is 19.5 Å². The SMILES string of the molecule is CC(C)[C@H]1CC[C@H](C)C[C@H]1OC(=O)Cn1nc(C(=O)O)c2ccccc2c1=O. The van der Waals surface area contributed by atoms with Crippen molar-refractivity contribution in [1.29, 1.82) is 0 Å². The molecule has 0 bridgehead atoms. The van der Waals surface area contributed by atoms with Gasteiger partial charge in [-0.15, -0.1) is 0 Å². The number of carboxylic acid groups (broad SMARTS) is 1. The van der Waals surface area contributed by atoms with Crippen molar-refractivity contribution in [2.24, 2.45) is 17.8 Å². The Bertz CT molecular complexity index is 949. The van der Waals surface area contributed by atoms with E-state index in [1.165, 1.54) is 12.1 Å². The van der Waals surface area contributed by atoms with Gasteiger partial charge in [-0.3, -0.25) is 9.59 Å². The maximum absolute atomic E-state index is 12.7. The summed E-state index contributed by atoms with van der Waals surface area (Å²) in [6.07, 6.45) is 2.74. The molecule has 3 atom stereocenters. The molecule has 1 N–H and O–H groups in total. The van der Waals surface area contributed by atoms with Crippen LogP contribution in [0.2, 0.25) is 0 Å². The van der Waals surface area contributed by atoms with Crippen LogP contribution in [0.4, 0.5) is 0 Å². The summed E-state index contributed by atoms with van der Waals surface area (Å²) >= 11 is 0. The molecule has 2 aromatic rings. The Kier molecular flexibility index (Phi) is 5.82. The van der Waals surface area contributed by atoms with E-state index in [4.69, 9.17) is 4.74 Å². The summed E-state index contributed by atoms with van der Waals surface area (Å²) in [5.41, 5.74) is -0.760. The summed E-state index contributed by atoms with van der Waals surface area (Å²) in [4.78, 5) is 36.8. The zero-order valence-corrected chi connectivity index (χ0v) is 16.4. The van der Waals surface area contributed by atoms with Gasteiger partial charge in [-0.05, 0) is 36.7 Å². The first-order valence-corrected chi connectivity index (χ1v) is 9.70. The lowest BCUT2D eigenvalue weighted by molar-refractivity contribution is -0.157. The van der Waals surface area contributed by atoms with Crippen LogP contribution in [0.3, 0.4) is 0 Å². The van der Waals surface area contributed by atoms with Gasteiger partial charge in [0.25, 0.3) is 5.56 Å². The quantitative estimate of drug-likeness (QED) is 0.793. The fourth-order valence-corrected chi connectivity index (χ4v) is 4.08. The van der Waals surface area contributed by atoms with Crippen molar-refractivity contribution in [3.8, 4) is 0 Å². The summed E-state index contributed by atoms with van der Waals surface area (Å²) in [7, 11) is 0. The van der Waals surface area contributed by atoms with Gasteiger partial charge in [0.05, 0.1) is 5.39 Å². The van der Waals surface area contributed by atoms with Crippen molar-refractivity contribution >= 4 is 22.7 Å². The fourth-order valence-electron chi connectivity index (χ4n) is 4.08. The van der Waals surface area contributed by atoms with E-state index in [2.05, 4.69) is 25.9 Å². The Morgan fingerprint density at radius 3 is 2.57 bits per heavy atom. The van der Waals surface area contributed by atoms with Crippen molar-refractivity contribution in [2.75, 3.05) is 0 Å². The second-order valence-corrected chi connectivity index (χ2v) is 8.02. The fraction of sp³-hybridized carbons (Fsp3) is 0.524. The highest BCUT2D eigenvalue weighted by atomic mass is 16.5. The van der Waals surface area contributed by atoms with Crippen molar-refractivity contribution in [2.45, 2.75) is 52.7 Å². The summed E-state index contributed by atoms with van der Waals surface area (Å²) in [5, 5.41) is 13.8. The van der Waals surface area contributed by atoms with E-state index in [-0.39, 0.29) is 28.5 Å². The van der Waals surface area contributed by atoms with Crippen LogP contribution in [0.5, 0.6) is 0 Å². The zero-order valence-electron chi connectivity index (χ0n) is 16.4. The summed E-state index contributed by atoms with van der Waals surface area (Å²) in [6, 6.07) is 6.36. The molecular weight excluding hydrogens is 360 g/mol. The highest BCUT2D eigenvalue weighted by Crippen LogP contribution is 2.35. The number of fused-ring (bicyclic) bond motifs is 1. The lowest BCUT2D eigenvalue weighted by Crippen LogP contribution is -2.38. The molecule has 0 spiro atoms. The van der Waals surface area contributed by atoms with Crippen LogP contribution in [0.15, 0.2) is 29.1 Å². The van der Waals surface area contributed by atoms with Crippen LogP contribution in [0.25, 0.3) is 10.8 Å². The number of carbonyl (C=O) groups excluding carboxylic acids is 1. The monoisotopic (exact) mass is 386 g/mol. The molecule has 0 radical (unpaired) electrons. The van der Waals surface area contributed by atoms with E-state index < -0.39 is 24.0 Å². The minimum atomic E-state index is -1.25. The first-order chi connectivity index (χ1) is 13.3. The van der Waals surface area contributed by atoms with Crippen molar-refractivity contribution in [3.05, 3.63) is 40.3 Å². The number of nitrogens with zero attached hydrogens (tertiary/aromatic N) is 2. The van der Waals surface area contributed by atoms with Gasteiger partial charge in [0.15, 0.2) is 5.69 Å². The number of ether oxygens (including phenoxy) is 1. The van der Waals surface area contributed by atoms with Crippen LogP contribution in [0.1, 0.15) is 50.5 Å². The molecule has 150 valence electrons. The van der Waals surface area contributed by atoms with Crippen molar-refractivity contribution in [3.63, 3.8) is 0 Å². The second kappa shape index (κ2) is 8.12. The standard InChI is InChI=1S/C21H26N2O5/c1-12(2)14-9-8-13(3)10-17(14)28-18(24)11-23-20(25)16-7-5-4-6-15(16)19(22-23)21(26)27/h4-7,12-14,17H,8-11H2,1-3H3,(H,26,27)/t13-,14+,17+/m0/s1. The van der Waals surface area contributed by atoms with Gasteiger partial charge >= 0.3 is 11.9 Å². The van der Waals surface area contributed by atoms with Crippen LogP contribution < -0.4 is 5.56 Å². The van der Waals surface area contributed by atoms with Gasteiger partial charge in [0, 0.05) is 5.39 Å². The smallest absolute Gasteiger partial charge is 0.357 e. The van der Waals surface area contributed by atoms with E-state index in [0.29, 0.717) is 11.8 Å². The number of rotatable bonds is 5. The summed E-state index contributed by atoms with van der Waals surface area (Å²) < 4.78 is 6.61. The first-order valence-electron chi connectivity index (χ1n) is 9.70. The molecule has 1 aromatic heterocycles. The third-order valence-electron chi connectivity index (χ3n) is 5.59. The van der Waals surface area contributed by atoms with Gasteiger partial charge in [-0.1, -0.05) is 45.4 Å². The second-order valence-electron chi connectivity index (χ2n) is 8.02. The Hall–Kier alpha value is -2.70. The topological polar surface area (TPSA) is 98.5 Å². The Labute approximate surface area is 163 Å². The molecule has 1 heterocycles. The number of aromatic carboxylic acids is 1. The van der Waals surface area contributed by atoms with E-state index >= 15 is 0 Å². The Morgan fingerprint density at radius 1 is 1.25 bits per heavy atom. The van der Waals surface area contributed by atoms with Gasteiger partial charge in [-0.25, -0.2) is 9.48 Å². The molecule has 0 unspecified atom stereocenters. The molecule has 1 saturated carbocycles. The van der Waals surface area contributed by atoms with Crippen LogP contribution in [0, 0.1) is 17.8 Å². The third kappa shape index (κ3) is 4.08. The average molecular weight is 386 g/mol. The van der Waals surface area contributed by atoms with Gasteiger partial charge in [0.2, 0.25) is 0 Å². The maximum Gasteiger partial charge on any atom is 0.357 e. The molecule has 1 aromatic carbocycles. The summed E-state index contributed by atoms with van der Waals surface area (Å²) in [6.45, 7) is 5.98. The van der Waals surface area contributed by atoms with E-state index in [0.717, 1.165) is 23.9 Å². The molecule has 3 rings (SSSR count). The number of esters is 1. The predicted octanol–water partition coefficient (Wildman–Crippen LogP) is 3.10. The molecule has 0 aliphatic heterocycles. The van der Waals surface area contributed by atoms with Gasteiger partial charge in [-0.2, -0.15) is 5.10 Å². The molecular formula is C21H26N2O5. The third-order valence-corrected chi connectivity index (χ3v) is 5.59. The minimum Gasteiger partial charge on any atom is -0.476 e. The minimum absolute atomic E-state index is 0.189. The van der Waals surface area contributed by atoms with Crippen LogP contribution >= 0.6 is 0 Å². The van der Waals surface area contributed by atoms with Crippen LogP contribution in [-0.4, -0.2) is 32.9 Å². The molecule has 0 amide bonds. The number of carboxylic acids is 1. The Morgan fingerprint density at radius 2 is 1.93 bits per heavy atom. The highest BCUT2D eigenvalue weighted by Gasteiger charge is 2.33. The van der Waals surface area contributed by atoms with Crippen molar-refractivity contribution in [1.82, 2.24) is 9.78 Å². The number of carbonyl (C=O) groups is 2. The zero-order chi connectivity index (χ0) is 20.4. The number of benzene rings is 1. The molecule has 7 nitrogen and oxygen atoms in total. The van der Waals surface area contributed by atoms with E-state index in [1.807, 2.05) is 0 Å². The maximum atomic E-state index is 12.7. The van der Waals surface area contributed by atoms with E-state index in [1.54, 1.807) is 12.1 Å². The molecule has 1 fully saturated rings. The molecule has 1 aliphatic carbocycles. The van der Waals surface area contributed by atoms with Gasteiger partial charge in [0.1, 0.15) is 12.6 Å². The number of hydrogen-bond acceptors (Lipinski definition) is 5. The molecule has 0 saturated heterocycles. The van der Waals surface area contributed by atoms with Crippen LogP contribution in [-0.2, 0) is 16.1 Å². The molecule has 1 aliphatic rings. The lowest BCUT2D eigenvalue weighted by Gasteiger charge is -2.36.